The van der Waals surface area contributed by atoms with E-state index < -0.39 is 18.2 Å². The Hall–Kier alpha value is -2.57. The van der Waals surface area contributed by atoms with Crippen molar-refractivity contribution in [2.24, 2.45) is 0 Å². The topological polar surface area (TPSA) is 84.9 Å². The number of halogens is 1. The fourth-order valence-corrected chi connectivity index (χ4v) is 4.10. The number of alkyl carbamates (subject to hydrolysis) is 1. The van der Waals surface area contributed by atoms with E-state index in [4.69, 9.17) is 16.3 Å². The Balaban J connectivity index is 1.92. The van der Waals surface area contributed by atoms with Gasteiger partial charge in [-0.1, -0.05) is 42.6 Å². The van der Waals surface area contributed by atoms with Gasteiger partial charge in [0.15, 0.2) is 0 Å². The molecule has 2 aromatic rings. The zero-order valence-electron chi connectivity index (χ0n) is 16.9. The summed E-state index contributed by atoms with van der Waals surface area (Å²) in [5, 5.41) is 12.8. The molecule has 0 spiro atoms. The van der Waals surface area contributed by atoms with Crippen molar-refractivity contribution in [3.05, 3.63) is 69.7 Å². The molecule has 1 saturated carbocycles. The maximum absolute atomic E-state index is 11.8. The van der Waals surface area contributed by atoms with Gasteiger partial charge in [-0.15, -0.1) is 0 Å². The first-order valence-corrected chi connectivity index (χ1v) is 10.4. The fraction of sp³-hybridized carbons (Fsp3) is 0.391. The van der Waals surface area contributed by atoms with Crippen LogP contribution in [0.25, 0.3) is 0 Å². The number of nitrogens with one attached hydrogen (secondary N) is 1. The number of carbonyl (C=O) groups excluding carboxylic acids is 1. The summed E-state index contributed by atoms with van der Waals surface area (Å²) in [4.78, 5) is 23.1. The molecule has 1 unspecified atom stereocenters. The van der Waals surface area contributed by atoms with Gasteiger partial charge in [-0.2, -0.15) is 0 Å². The molecule has 1 fully saturated rings. The highest BCUT2D eigenvalue weighted by molar-refractivity contribution is 6.30. The number of benzene rings is 2. The summed E-state index contributed by atoms with van der Waals surface area (Å²) in [5.41, 5.74) is 2.86. The molecule has 1 aliphatic carbocycles. The van der Waals surface area contributed by atoms with Gasteiger partial charge in [-0.3, -0.25) is 0 Å². The first kappa shape index (κ1) is 22.1. The first-order valence-electron chi connectivity index (χ1n) is 10.0. The smallest absolute Gasteiger partial charge is 0.406 e. The second kappa shape index (κ2) is 10.5. The number of methoxy groups -OCH3 is 1. The van der Waals surface area contributed by atoms with Crippen molar-refractivity contribution in [1.82, 2.24) is 5.32 Å². The lowest BCUT2D eigenvalue weighted by Gasteiger charge is -2.22. The largest absolute Gasteiger partial charge is 0.478 e. The van der Waals surface area contributed by atoms with Crippen molar-refractivity contribution in [3.8, 4) is 0 Å². The monoisotopic (exact) mass is 431 g/mol. The second-order valence-electron chi connectivity index (χ2n) is 7.40. The van der Waals surface area contributed by atoms with Crippen molar-refractivity contribution in [2.45, 2.75) is 37.7 Å². The number of amides is 1. The summed E-state index contributed by atoms with van der Waals surface area (Å²) in [5.74, 6) is -0.600. The van der Waals surface area contributed by atoms with E-state index in [0.717, 1.165) is 42.4 Å². The lowest BCUT2D eigenvalue weighted by molar-refractivity contribution is 0.0693. The number of carboxylic acids is 1. The SMILES string of the molecule is COC(=O)NCCOC(c1cccc(Cl)c1)c1cc(C(=O)O)cc(C2CCCC2)c1. The van der Waals surface area contributed by atoms with E-state index in [0.29, 0.717) is 10.9 Å². The Morgan fingerprint density at radius 2 is 1.93 bits per heavy atom. The van der Waals surface area contributed by atoms with E-state index in [1.165, 1.54) is 7.11 Å². The minimum atomic E-state index is -0.965. The molecule has 7 heteroatoms. The van der Waals surface area contributed by atoms with Crippen LogP contribution in [0.3, 0.4) is 0 Å². The summed E-state index contributed by atoms with van der Waals surface area (Å²) in [6.45, 7) is 0.486. The van der Waals surface area contributed by atoms with Crippen LogP contribution in [0, 0.1) is 0 Å². The minimum absolute atomic E-state index is 0.225. The molecule has 3 rings (SSSR count). The maximum atomic E-state index is 11.8. The molecule has 0 aromatic heterocycles. The number of aromatic carboxylic acids is 1. The molecule has 1 aliphatic rings. The van der Waals surface area contributed by atoms with E-state index in [9.17, 15) is 14.7 Å². The first-order chi connectivity index (χ1) is 14.5. The molecule has 2 N–H and O–H groups in total. The van der Waals surface area contributed by atoms with Gasteiger partial charge in [-0.25, -0.2) is 9.59 Å². The predicted octanol–water partition coefficient (Wildman–Crippen LogP) is 5.16. The van der Waals surface area contributed by atoms with E-state index in [1.54, 1.807) is 18.2 Å². The van der Waals surface area contributed by atoms with E-state index in [1.807, 2.05) is 24.3 Å². The highest BCUT2D eigenvalue weighted by Gasteiger charge is 2.23. The molecule has 2 aromatic carbocycles. The minimum Gasteiger partial charge on any atom is -0.478 e. The number of carboxylic acid groups (broad SMARTS) is 1. The van der Waals surface area contributed by atoms with E-state index >= 15 is 0 Å². The van der Waals surface area contributed by atoms with Crippen LogP contribution < -0.4 is 5.32 Å². The van der Waals surface area contributed by atoms with Crippen LogP contribution in [0.5, 0.6) is 0 Å². The second-order valence-corrected chi connectivity index (χ2v) is 7.84. The van der Waals surface area contributed by atoms with Gasteiger partial charge in [0.05, 0.1) is 19.3 Å². The highest BCUT2D eigenvalue weighted by atomic mass is 35.5. The van der Waals surface area contributed by atoms with Crippen LogP contribution in [0.1, 0.15) is 64.8 Å². The van der Waals surface area contributed by atoms with Crippen molar-refractivity contribution < 1.29 is 24.2 Å². The summed E-state index contributed by atoms with van der Waals surface area (Å²) < 4.78 is 10.7. The van der Waals surface area contributed by atoms with Gasteiger partial charge in [0.25, 0.3) is 0 Å². The molecular formula is C23H26ClNO5. The molecule has 1 amide bonds. The predicted molar refractivity (Wildman–Crippen MR) is 114 cm³/mol. The molecule has 1 atom stereocenters. The summed E-state index contributed by atoms with van der Waals surface area (Å²) >= 11 is 6.19. The van der Waals surface area contributed by atoms with Crippen molar-refractivity contribution in [2.75, 3.05) is 20.3 Å². The Bertz CT molecular complexity index is 895. The van der Waals surface area contributed by atoms with E-state index in [-0.39, 0.29) is 18.7 Å². The Kier molecular flexibility index (Phi) is 7.71. The van der Waals surface area contributed by atoms with Gasteiger partial charge in [0.2, 0.25) is 0 Å². The van der Waals surface area contributed by atoms with Crippen LogP contribution in [-0.4, -0.2) is 37.4 Å². The Morgan fingerprint density at radius 1 is 1.17 bits per heavy atom. The molecule has 30 heavy (non-hydrogen) atoms. The van der Waals surface area contributed by atoms with Gasteiger partial charge >= 0.3 is 12.1 Å². The van der Waals surface area contributed by atoms with Gasteiger partial charge in [0.1, 0.15) is 6.10 Å². The van der Waals surface area contributed by atoms with Crippen LogP contribution in [0.4, 0.5) is 4.79 Å². The maximum Gasteiger partial charge on any atom is 0.406 e. The zero-order chi connectivity index (χ0) is 21.5. The average molecular weight is 432 g/mol. The summed E-state index contributed by atoms with van der Waals surface area (Å²) in [7, 11) is 1.30. The van der Waals surface area contributed by atoms with Crippen molar-refractivity contribution in [1.29, 1.82) is 0 Å². The Labute approximate surface area is 181 Å². The lowest BCUT2D eigenvalue weighted by Crippen LogP contribution is -2.27. The molecule has 0 heterocycles. The normalized spacial score (nSPS) is 15.0. The van der Waals surface area contributed by atoms with Crippen molar-refractivity contribution >= 4 is 23.7 Å². The third-order valence-electron chi connectivity index (χ3n) is 5.35. The van der Waals surface area contributed by atoms with E-state index in [2.05, 4.69) is 10.1 Å². The molecule has 0 bridgehead atoms. The van der Waals surface area contributed by atoms with Gasteiger partial charge < -0.3 is 19.9 Å². The lowest BCUT2D eigenvalue weighted by atomic mass is 9.90. The standard InChI is InChI=1S/C23H26ClNO5/c1-29-23(28)25-9-10-30-21(16-7-4-8-20(24)14-16)18-11-17(15-5-2-3-6-15)12-19(13-18)22(26)27/h4,7-8,11-15,21H,2-3,5-6,9-10H2,1H3,(H,25,28)(H,26,27). The average Bonchev–Trinajstić information content (AvgIpc) is 3.28. The van der Waals surface area contributed by atoms with Crippen LogP contribution in [0.15, 0.2) is 42.5 Å². The number of ether oxygens (including phenoxy) is 2. The number of hydrogen-bond acceptors (Lipinski definition) is 4. The zero-order valence-corrected chi connectivity index (χ0v) is 17.7. The highest BCUT2D eigenvalue weighted by Crippen LogP contribution is 2.37. The molecule has 6 nitrogen and oxygen atoms in total. The summed E-state index contributed by atoms with van der Waals surface area (Å²) in [6.07, 6.45) is 3.40. The molecule has 0 radical (unpaired) electrons. The van der Waals surface area contributed by atoms with Crippen LogP contribution in [0.2, 0.25) is 5.02 Å². The number of carbonyl (C=O) groups is 2. The number of hydrogen-bond donors (Lipinski definition) is 2. The third-order valence-corrected chi connectivity index (χ3v) is 5.58. The van der Waals surface area contributed by atoms with Crippen molar-refractivity contribution in [3.63, 3.8) is 0 Å². The Morgan fingerprint density at radius 3 is 2.60 bits per heavy atom. The quantitative estimate of drug-likeness (QED) is 0.564. The molecule has 0 saturated heterocycles. The van der Waals surface area contributed by atoms with Gasteiger partial charge in [-0.05, 0) is 59.7 Å². The molecular weight excluding hydrogens is 406 g/mol. The van der Waals surface area contributed by atoms with Gasteiger partial charge in [0, 0.05) is 11.6 Å². The molecule has 160 valence electrons. The fourth-order valence-electron chi connectivity index (χ4n) is 3.90. The van der Waals surface area contributed by atoms with Crippen LogP contribution >= 0.6 is 11.6 Å². The van der Waals surface area contributed by atoms with Crippen LogP contribution in [-0.2, 0) is 9.47 Å². The number of rotatable bonds is 8. The molecule has 0 aliphatic heterocycles. The summed E-state index contributed by atoms with van der Waals surface area (Å²) in [6, 6.07) is 12.8. The third kappa shape index (κ3) is 5.74.